The number of methoxy groups -OCH3 is 1. The fourth-order valence-electron chi connectivity index (χ4n) is 4.66. The molecule has 11 heteroatoms. The molecule has 0 radical (unpaired) electrons. The van der Waals surface area contributed by atoms with Gasteiger partial charge in [0.2, 0.25) is 5.91 Å². The van der Waals surface area contributed by atoms with Crippen molar-refractivity contribution in [3.8, 4) is 11.5 Å². The number of nitrogens with one attached hydrogen (secondary N) is 2. The zero-order valence-corrected chi connectivity index (χ0v) is 23.0. The number of benzene rings is 3. The monoisotopic (exact) mass is 560 g/mol. The molecule has 0 bridgehead atoms. The van der Waals surface area contributed by atoms with Crippen molar-refractivity contribution in [3.05, 3.63) is 77.1 Å². The van der Waals surface area contributed by atoms with Crippen molar-refractivity contribution in [1.29, 1.82) is 0 Å². The number of likely N-dealkylation sites (N-methyl/N-ethyl adjacent to an activating group) is 2. The Balaban J connectivity index is 1.58. The summed E-state index contributed by atoms with van der Waals surface area (Å²) < 4.78 is 31.5. The van der Waals surface area contributed by atoms with Crippen LogP contribution >= 0.6 is 0 Å². The molecule has 212 valence electrons. The maximum absolute atomic E-state index is 15.3. The second-order valence-electron chi connectivity index (χ2n) is 9.80. The SMILES string of the molecule is COC(=O)c1ccc2c(c1)NC(=O)C2=C(Nc1ccc(N(C)C(=O)CN(C)C)c(F)c1)c1ccc2c(c1)OCCO2. The van der Waals surface area contributed by atoms with Crippen LogP contribution < -0.4 is 25.0 Å². The Bertz CT molecular complexity index is 1590. The highest BCUT2D eigenvalue weighted by Crippen LogP contribution is 2.41. The van der Waals surface area contributed by atoms with Crippen LogP contribution in [0.1, 0.15) is 21.5 Å². The highest BCUT2D eigenvalue weighted by Gasteiger charge is 2.30. The number of esters is 1. The molecular weight excluding hydrogens is 531 g/mol. The molecule has 2 aliphatic rings. The average Bonchev–Trinajstić information content (AvgIpc) is 3.29. The molecule has 2 aliphatic heterocycles. The average molecular weight is 561 g/mol. The van der Waals surface area contributed by atoms with Crippen LogP contribution in [0.5, 0.6) is 11.5 Å². The third kappa shape index (κ3) is 5.57. The van der Waals surface area contributed by atoms with Crippen molar-refractivity contribution >= 4 is 46.1 Å². The first-order chi connectivity index (χ1) is 19.7. The van der Waals surface area contributed by atoms with Gasteiger partial charge in [0.05, 0.1) is 41.9 Å². The Morgan fingerprint density at radius 2 is 1.71 bits per heavy atom. The summed E-state index contributed by atoms with van der Waals surface area (Å²) in [5, 5.41) is 6.02. The van der Waals surface area contributed by atoms with Gasteiger partial charge in [0.1, 0.15) is 19.0 Å². The summed E-state index contributed by atoms with van der Waals surface area (Å²) in [5.74, 6) is -0.741. The fourth-order valence-corrected chi connectivity index (χ4v) is 4.66. The third-order valence-corrected chi connectivity index (χ3v) is 6.67. The maximum Gasteiger partial charge on any atom is 0.337 e. The molecule has 0 fully saturated rings. The number of nitrogens with zero attached hydrogens (tertiary/aromatic N) is 2. The van der Waals surface area contributed by atoms with Gasteiger partial charge in [-0.2, -0.15) is 0 Å². The zero-order valence-electron chi connectivity index (χ0n) is 23.0. The zero-order chi connectivity index (χ0) is 29.3. The quantitative estimate of drug-likeness (QED) is 0.332. The van der Waals surface area contributed by atoms with E-state index in [9.17, 15) is 14.4 Å². The van der Waals surface area contributed by atoms with Crippen molar-refractivity contribution in [2.45, 2.75) is 0 Å². The number of amides is 2. The minimum Gasteiger partial charge on any atom is -0.486 e. The molecule has 2 heterocycles. The van der Waals surface area contributed by atoms with Crippen molar-refractivity contribution in [2.24, 2.45) is 0 Å². The molecule has 3 aromatic carbocycles. The minimum atomic E-state index is -0.616. The molecule has 0 saturated carbocycles. The standard InChI is InChI=1S/C30H29FN4O6/c1-34(2)16-26(36)35(3)23-9-7-19(15-21(23)31)32-28(17-6-10-24-25(14-17)41-12-11-40-24)27-20-8-5-18(30(38)39-4)13-22(20)33-29(27)37/h5-10,13-15,32H,11-12,16H2,1-4H3,(H,33,37). The van der Waals surface area contributed by atoms with Gasteiger partial charge in [0, 0.05) is 23.9 Å². The molecule has 2 amide bonds. The van der Waals surface area contributed by atoms with Crippen LogP contribution in [-0.2, 0) is 14.3 Å². The highest BCUT2D eigenvalue weighted by molar-refractivity contribution is 6.37. The molecule has 0 unspecified atom stereocenters. The lowest BCUT2D eigenvalue weighted by molar-refractivity contribution is -0.119. The van der Waals surface area contributed by atoms with Crippen LogP contribution in [0.2, 0.25) is 0 Å². The van der Waals surface area contributed by atoms with Gasteiger partial charge in [0.25, 0.3) is 5.91 Å². The first kappa shape index (κ1) is 27.7. The van der Waals surface area contributed by atoms with E-state index < -0.39 is 17.7 Å². The molecule has 41 heavy (non-hydrogen) atoms. The van der Waals surface area contributed by atoms with E-state index in [1.165, 1.54) is 31.2 Å². The van der Waals surface area contributed by atoms with Crippen LogP contribution in [0.3, 0.4) is 0 Å². The summed E-state index contributed by atoms with van der Waals surface area (Å²) in [4.78, 5) is 40.9. The van der Waals surface area contributed by atoms with Crippen molar-refractivity contribution in [2.75, 3.05) is 63.5 Å². The molecule has 0 atom stereocenters. The van der Waals surface area contributed by atoms with Crippen LogP contribution in [0.15, 0.2) is 54.6 Å². The van der Waals surface area contributed by atoms with Gasteiger partial charge < -0.3 is 34.6 Å². The van der Waals surface area contributed by atoms with E-state index in [0.29, 0.717) is 52.9 Å². The predicted molar refractivity (Wildman–Crippen MR) is 153 cm³/mol. The molecule has 0 spiro atoms. The number of carbonyl (C=O) groups excluding carboxylic acids is 3. The molecule has 0 aliphatic carbocycles. The van der Waals surface area contributed by atoms with Crippen molar-refractivity contribution in [3.63, 3.8) is 0 Å². The molecule has 0 saturated heterocycles. The smallest absolute Gasteiger partial charge is 0.337 e. The molecule has 10 nitrogen and oxygen atoms in total. The van der Waals surface area contributed by atoms with Crippen LogP contribution in [0.25, 0.3) is 11.3 Å². The molecular formula is C30H29FN4O6. The Labute approximate surface area is 236 Å². The summed E-state index contributed by atoms with van der Waals surface area (Å²) in [5.41, 5.74) is 3.00. The van der Waals surface area contributed by atoms with E-state index in [0.717, 1.165) is 0 Å². The normalized spacial score (nSPS) is 14.7. The van der Waals surface area contributed by atoms with Gasteiger partial charge in [0.15, 0.2) is 11.5 Å². The number of carbonyl (C=O) groups is 3. The number of fused-ring (bicyclic) bond motifs is 2. The topological polar surface area (TPSA) is 109 Å². The molecule has 3 aromatic rings. The first-order valence-corrected chi connectivity index (χ1v) is 12.8. The van der Waals surface area contributed by atoms with E-state index in [1.807, 2.05) is 0 Å². The third-order valence-electron chi connectivity index (χ3n) is 6.67. The number of rotatable bonds is 7. The molecule has 5 rings (SSSR count). The van der Waals surface area contributed by atoms with E-state index in [2.05, 4.69) is 10.6 Å². The van der Waals surface area contributed by atoms with E-state index in [-0.39, 0.29) is 29.3 Å². The Morgan fingerprint density at radius 3 is 2.41 bits per heavy atom. The van der Waals surface area contributed by atoms with Gasteiger partial charge >= 0.3 is 5.97 Å². The van der Waals surface area contributed by atoms with Gasteiger partial charge in [-0.05, 0) is 62.6 Å². The van der Waals surface area contributed by atoms with E-state index in [4.69, 9.17) is 14.2 Å². The van der Waals surface area contributed by atoms with Gasteiger partial charge in [-0.3, -0.25) is 9.59 Å². The van der Waals surface area contributed by atoms with Crippen LogP contribution in [-0.4, -0.2) is 70.7 Å². The number of ether oxygens (including phenoxy) is 3. The number of halogens is 1. The van der Waals surface area contributed by atoms with Crippen molar-refractivity contribution < 1.29 is 33.0 Å². The Morgan fingerprint density at radius 1 is 0.976 bits per heavy atom. The van der Waals surface area contributed by atoms with Crippen LogP contribution in [0.4, 0.5) is 21.5 Å². The van der Waals surface area contributed by atoms with E-state index in [1.54, 1.807) is 61.5 Å². The lowest BCUT2D eigenvalue weighted by Crippen LogP contribution is -2.35. The summed E-state index contributed by atoms with van der Waals surface area (Å²) in [6.07, 6.45) is 0. The summed E-state index contributed by atoms with van der Waals surface area (Å²) in [6, 6.07) is 14.4. The summed E-state index contributed by atoms with van der Waals surface area (Å²) >= 11 is 0. The molecule has 2 N–H and O–H groups in total. The second kappa shape index (κ2) is 11.3. The summed E-state index contributed by atoms with van der Waals surface area (Å²) in [6.45, 7) is 0.929. The number of anilines is 3. The second-order valence-corrected chi connectivity index (χ2v) is 9.80. The number of hydrogen-bond acceptors (Lipinski definition) is 8. The largest absolute Gasteiger partial charge is 0.486 e. The lowest BCUT2D eigenvalue weighted by Gasteiger charge is -2.22. The van der Waals surface area contributed by atoms with Crippen LogP contribution in [0, 0.1) is 5.82 Å². The Kier molecular flexibility index (Phi) is 7.62. The van der Waals surface area contributed by atoms with Crippen molar-refractivity contribution in [1.82, 2.24) is 4.90 Å². The van der Waals surface area contributed by atoms with Gasteiger partial charge in [-0.1, -0.05) is 6.07 Å². The van der Waals surface area contributed by atoms with Gasteiger partial charge in [-0.15, -0.1) is 0 Å². The highest BCUT2D eigenvalue weighted by atomic mass is 19.1. The number of hydrogen-bond donors (Lipinski definition) is 2. The predicted octanol–water partition coefficient (Wildman–Crippen LogP) is 3.84. The minimum absolute atomic E-state index is 0.121. The maximum atomic E-state index is 15.3. The molecule has 0 aromatic heterocycles. The summed E-state index contributed by atoms with van der Waals surface area (Å²) in [7, 11) is 6.32. The van der Waals surface area contributed by atoms with Gasteiger partial charge in [-0.25, -0.2) is 9.18 Å². The lowest BCUT2D eigenvalue weighted by atomic mass is 9.98. The fraction of sp³-hybridized carbons (Fsp3) is 0.233. The first-order valence-electron chi connectivity index (χ1n) is 12.8. The Hall–Kier alpha value is -4.90. The van der Waals surface area contributed by atoms with E-state index >= 15 is 4.39 Å².